The Labute approximate surface area is 375 Å². The Morgan fingerprint density at radius 3 is 2.41 bits per heavy atom. The van der Waals surface area contributed by atoms with E-state index in [-0.39, 0.29) is 28.5 Å². The molecule has 4 N–H and O–H groups in total. The van der Waals surface area contributed by atoms with Crippen LogP contribution in [-0.4, -0.2) is 95.0 Å². The van der Waals surface area contributed by atoms with Crippen molar-refractivity contribution in [2.75, 3.05) is 56.0 Å². The van der Waals surface area contributed by atoms with E-state index in [9.17, 15) is 34.8 Å². The van der Waals surface area contributed by atoms with Crippen LogP contribution in [0.3, 0.4) is 0 Å². The predicted molar refractivity (Wildman–Crippen MR) is 241 cm³/mol. The van der Waals surface area contributed by atoms with Crippen molar-refractivity contribution in [3.63, 3.8) is 0 Å². The molecule has 4 heterocycles. The fraction of sp³-hybridized carbons (Fsp3) is 0.378. The van der Waals surface area contributed by atoms with Crippen LogP contribution in [0.1, 0.15) is 61.9 Å². The van der Waals surface area contributed by atoms with Gasteiger partial charge in [0.05, 0.1) is 22.3 Å². The number of anilines is 2. The van der Waals surface area contributed by atoms with Gasteiger partial charge in [0.15, 0.2) is 0 Å². The Hall–Kier alpha value is -5.14. The topological polar surface area (TPSA) is 166 Å². The summed E-state index contributed by atoms with van der Waals surface area (Å²) in [7, 11) is -11.0. The monoisotopic (exact) mass is 939 g/mol. The highest BCUT2D eigenvalue weighted by Crippen LogP contribution is 2.44. The largest absolute Gasteiger partial charge is 0.501 e. The van der Waals surface area contributed by atoms with Crippen molar-refractivity contribution in [3.8, 4) is 11.5 Å². The Balaban J connectivity index is 1.04. The molecule has 1 aliphatic carbocycles. The maximum absolute atomic E-state index is 14.0. The van der Waals surface area contributed by atoms with Gasteiger partial charge < -0.3 is 25.3 Å². The first-order valence-corrected chi connectivity index (χ1v) is 24.4. The van der Waals surface area contributed by atoms with Gasteiger partial charge in [-0.05, 0) is 116 Å². The first kappa shape index (κ1) is 45.4. The minimum Gasteiger partial charge on any atom is -0.455 e. The van der Waals surface area contributed by atoms with Crippen LogP contribution in [0.5, 0.6) is 11.5 Å². The molecule has 1 amide bonds. The van der Waals surface area contributed by atoms with E-state index in [0.717, 1.165) is 56.4 Å². The highest BCUT2D eigenvalue weighted by molar-refractivity contribution is 7.92. The van der Waals surface area contributed by atoms with E-state index in [1.165, 1.54) is 29.0 Å². The van der Waals surface area contributed by atoms with Gasteiger partial charge >= 0.3 is 5.51 Å². The van der Waals surface area contributed by atoms with Crippen LogP contribution in [0.15, 0.2) is 101 Å². The molecule has 2 fully saturated rings. The van der Waals surface area contributed by atoms with Crippen LogP contribution in [0.2, 0.25) is 5.02 Å². The maximum Gasteiger partial charge on any atom is 0.501 e. The number of hydrogen-bond acceptors (Lipinski definition) is 11. The van der Waals surface area contributed by atoms with Gasteiger partial charge in [0, 0.05) is 67.1 Å². The fourth-order valence-corrected chi connectivity index (χ4v) is 10.7. The number of halogens is 4. The summed E-state index contributed by atoms with van der Waals surface area (Å²) in [5, 5.41) is 7.38. The van der Waals surface area contributed by atoms with E-state index in [1.807, 2.05) is 16.9 Å². The van der Waals surface area contributed by atoms with Gasteiger partial charge in [0.1, 0.15) is 22.0 Å². The number of pyridine rings is 1. The number of aromatic nitrogens is 2. The lowest BCUT2D eigenvalue weighted by Gasteiger charge is -2.39. The number of allylic oxidation sites excluding steroid dienone is 1. The van der Waals surface area contributed by atoms with E-state index < -0.39 is 46.8 Å². The Morgan fingerprint density at radius 1 is 0.953 bits per heavy atom. The molecular weight excluding hydrogens is 891 g/mol. The number of sulfonamides is 1. The third-order valence-electron chi connectivity index (χ3n) is 12.1. The van der Waals surface area contributed by atoms with Crippen molar-refractivity contribution in [2.45, 2.75) is 67.3 Å². The number of nitrogens with one attached hydrogen (secondary N) is 4. The molecule has 64 heavy (non-hydrogen) atoms. The molecule has 340 valence electrons. The molecular formula is C45H49ClF3N7O6S2. The number of amides is 1. The molecule has 0 bridgehead atoms. The van der Waals surface area contributed by atoms with Crippen LogP contribution in [0.4, 0.5) is 24.5 Å². The third kappa shape index (κ3) is 10.1. The Morgan fingerprint density at radius 2 is 1.69 bits per heavy atom. The number of piperidine rings is 1. The lowest BCUT2D eigenvalue weighted by Crippen LogP contribution is -2.47. The molecule has 2 aliphatic heterocycles. The molecule has 5 aromatic rings. The van der Waals surface area contributed by atoms with Gasteiger partial charge in [-0.3, -0.25) is 9.69 Å². The van der Waals surface area contributed by atoms with Crippen LogP contribution in [0.25, 0.3) is 16.6 Å². The predicted octanol–water partition coefficient (Wildman–Crippen LogP) is 8.37. The van der Waals surface area contributed by atoms with Crippen LogP contribution >= 0.6 is 11.6 Å². The molecule has 3 aliphatic rings. The van der Waals surface area contributed by atoms with Gasteiger partial charge in [-0.2, -0.15) is 13.2 Å². The van der Waals surface area contributed by atoms with Crippen molar-refractivity contribution < 1.29 is 39.5 Å². The zero-order valence-corrected chi connectivity index (χ0v) is 37.7. The maximum atomic E-state index is 14.0. The number of piperazine rings is 1. The second-order valence-electron chi connectivity index (χ2n) is 17.3. The molecule has 0 atom stereocenters. The van der Waals surface area contributed by atoms with Crippen LogP contribution in [0, 0.1) is 5.41 Å². The van der Waals surface area contributed by atoms with E-state index in [2.05, 4.69) is 56.4 Å². The fourth-order valence-electron chi connectivity index (χ4n) is 8.54. The normalized spacial score (nSPS) is 18.0. The molecule has 3 aromatic carbocycles. The Kier molecular flexibility index (Phi) is 12.8. The standard InChI is InChI=1S/C45H49ClF3N7O6S2/c1-44(2)15-11-31(38(26-44)29-3-5-32(46)6-4-29)28-55-19-21-56(22-20-55)34-7-9-37(40(24-34)62-35-23-30-12-18-51-42(30)52-27-35)43(57)54-64(60,61)36-8-10-39(53-33-13-16-50-17-14-33)41(25-36)63(58,59)45(47,48)49/h3-10,12,18,23-25,27,33,50,53H,11,13-17,19-22,26,28H2,1-2H3,(H,51,52)(H,54,57). The average Bonchev–Trinajstić information content (AvgIpc) is 3.73. The number of carbonyl (C=O) groups is 1. The molecule has 8 rings (SSSR count). The molecule has 0 spiro atoms. The summed E-state index contributed by atoms with van der Waals surface area (Å²) in [5.74, 6) is -0.904. The summed E-state index contributed by atoms with van der Waals surface area (Å²) in [6.45, 7) is 9.36. The summed E-state index contributed by atoms with van der Waals surface area (Å²) >= 11 is 6.23. The molecule has 2 aromatic heterocycles. The third-order valence-corrected chi connectivity index (χ3v) is 15.2. The van der Waals surface area contributed by atoms with E-state index >= 15 is 0 Å². The van der Waals surface area contributed by atoms with Crippen molar-refractivity contribution in [1.82, 2.24) is 24.9 Å². The summed E-state index contributed by atoms with van der Waals surface area (Å²) in [4.78, 5) is 23.8. The highest BCUT2D eigenvalue weighted by atomic mass is 35.5. The molecule has 0 unspecified atom stereocenters. The lowest BCUT2D eigenvalue weighted by atomic mass is 9.72. The SMILES string of the molecule is CC1(C)CCC(CN2CCN(c3ccc(C(=O)NS(=O)(=O)c4ccc(NC5CCNCC5)c(S(=O)(=O)C(F)(F)F)c4)c(Oc4cnc5[nH]ccc5c4)c3)CC2)=C(c2ccc(Cl)cc2)C1. The number of hydrogen-bond donors (Lipinski definition) is 4. The molecule has 2 saturated heterocycles. The van der Waals surface area contributed by atoms with Crippen molar-refractivity contribution >= 4 is 65.3 Å². The lowest BCUT2D eigenvalue weighted by molar-refractivity contribution is -0.0435. The minimum atomic E-state index is -6.02. The molecule has 19 heteroatoms. The van der Waals surface area contributed by atoms with Gasteiger partial charge in [0.25, 0.3) is 25.8 Å². The smallest absolute Gasteiger partial charge is 0.455 e. The van der Waals surface area contributed by atoms with Gasteiger partial charge in [-0.1, -0.05) is 43.2 Å². The number of aromatic amines is 1. The van der Waals surface area contributed by atoms with Crippen molar-refractivity contribution in [2.24, 2.45) is 5.41 Å². The van der Waals surface area contributed by atoms with E-state index in [4.69, 9.17) is 16.3 Å². The van der Waals surface area contributed by atoms with Gasteiger partial charge in [0.2, 0.25) is 0 Å². The zero-order valence-electron chi connectivity index (χ0n) is 35.3. The first-order valence-electron chi connectivity index (χ1n) is 21.0. The number of fused-ring (bicyclic) bond motifs is 1. The second kappa shape index (κ2) is 18.0. The highest BCUT2D eigenvalue weighted by Gasteiger charge is 2.48. The van der Waals surface area contributed by atoms with Crippen LogP contribution in [-0.2, 0) is 19.9 Å². The van der Waals surface area contributed by atoms with Gasteiger partial charge in [-0.15, -0.1) is 0 Å². The summed E-state index contributed by atoms with van der Waals surface area (Å²) in [5.41, 5.74) is -0.842. The average molecular weight is 941 g/mol. The number of benzene rings is 3. The molecule has 0 radical (unpaired) electrons. The van der Waals surface area contributed by atoms with Crippen molar-refractivity contribution in [1.29, 1.82) is 0 Å². The molecule has 0 saturated carbocycles. The number of alkyl halides is 3. The summed E-state index contributed by atoms with van der Waals surface area (Å²) in [6.07, 6.45) is 7.23. The van der Waals surface area contributed by atoms with Gasteiger partial charge in [-0.25, -0.2) is 26.5 Å². The van der Waals surface area contributed by atoms with Crippen molar-refractivity contribution in [3.05, 3.63) is 107 Å². The number of nitrogens with zero attached hydrogens (tertiary/aromatic N) is 3. The first-order chi connectivity index (χ1) is 30.3. The number of ether oxygens (including phenoxy) is 1. The minimum absolute atomic E-state index is 0.00578. The van der Waals surface area contributed by atoms with E-state index in [1.54, 1.807) is 30.5 Å². The Bertz CT molecular complexity index is 2800. The zero-order chi connectivity index (χ0) is 45.4. The number of carbonyl (C=O) groups excluding carboxylic acids is 1. The number of H-pyrrole nitrogens is 1. The molecule has 13 nitrogen and oxygen atoms in total. The van der Waals surface area contributed by atoms with Crippen LogP contribution < -0.4 is 25.0 Å². The number of sulfone groups is 1. The second-order valence-corrected chi connectivity index (χ2v) is 21.3. The van der Waals surface area contributed by atoms with E-state index in [0.29, 0.717) is 61.4 Å². The summed E-state index contributed by atoms with van der Waals surface area (Å²) < 4.78 is 103. The quantitative estimate of drug-likeness (QED) is 0.0950. The number of rotatable bonds is 12. The summed E-state index contributed by atoms with van der Waals surface area (Å²) in [6, 6.07) is 18.3.